The van der Waals surface area contributed by atoms with Crippen molar-refractivity contribution in [2.45, 2.75) is 18.8 Å². The second-order valence-electron chi connectivity index (χ2n) is 6.83. The molecule has 1 aliphatic rings. The van der Waals surface area contributed by atoms with Gasteiger partial charge in [0.1, 0.15) is 6.26 Å². The van der Waals surface area contributed by atoms with Gasteiger partial charge in [-0.25, -0.2) is 0 Å². The number of hydrogen-bond acceptors (Lipinski definition) is 5. The molecule has 0 bridgehead atoms. The molecular formula is C21H21N3O4. The lowest BCUT2D eigenvalue weighted by atomic mass is 9.90. The van der Waals surface area contributed by atoms with Gasteiger partial charge in [-0.1, -0.05) is 30.3 Å². The first-order valence-corrected chi connectivity index (χ1v) is 9.22. The largest absolute Gasteiger partial charge is 0.490 e. The van der Waals surface area contributed by atoms with E-state index >= 15 is 0 Å². The van der Waals surface area contributed by atoms with Gasteiger partial charge in [0.15, 0.2) is 5.76 Å². The number of carbonyl (C=O) groups excluding carboxylic acids is 1. The Morgan fingerprint density at radius 1 is 1.32 bits per heavy atom. The quantitative estimate of drug-likeness (QED) is 0.753. The molecule has 0 radical (unpaired) electrons. The molecule has 1 aromatic carbocycles. The summed E-state index contributed by atoms with van der Waals surface area (Å²) in [5, 5.41) is 7.35. The van der Waals surface area contributed by atoms with E-state index in [4.69, 9.17) is 9.15 Å². The number of benzene rings is 1. The van der Waals surface area contributed by atoms with Gasteiger partial charge in [-0.05, 0) is 18.4 Å². The molecular weight excluding hydrogens is 358 g/mol. The Hall–Kier alpha value is -3.35. The normalized spacial score (nSPS) is 16.8. The average Bonchev–Trinajstić information content (AvgIpc) is 3.24. The van der Waals surface area contributed by atoms with E-state index in [1.807, 2.05) is 36.5 Å². The number of rotatable bonds is 4. The number of likely N-dealkylation sites (tertiary alicyclic amines) is 1. The SMILES string of the molecule is COc1coc(C(=O)N2CCCC(c3[nH]ncc3-c3ccccc3)C2)cc1=O. The molecule has 1 unspecified atom stereocenters. The number of nitrogens with one attached hydrogen (secondary N) is 1. The fraction of sp³-hybridized carbons (Fsp3) is 0.286. The molecule has 0 aliphatic carbocycles. The van der Waals surface area contributed by atoms with Crippen molar-refractivity contribution in [3.05, 3.63) is 70.5 Å². The third-order valence-corrected chi connectivity index (χ3v) is 5.10. The van der Waals surface area contributed by atoms with Crippen molar-refractivity contribution in [2.75, 3.05) is 20.2 Å². The number of nitrogens with zero attached hydrogens (tertiary/aromatic N) is 2. The summed E-state index contributed by atoms with van der Waals surface area (Å²) in [5.41, 5.74) is 2.80. The van der Waals surface area contributed by atoms with Crippen molar-refractivity contribution in [2.24, 2.45) is 0 Å². The standard InChI is InChI=1S/C21H21N3O4/c1-27-19-13-28-18(10-17(19)25)21(26)24-9-5-8-15(12-24)20-16(11-22-23-20)14-6-3-2-4-7-14/h2-4,6-7,10-11,13,15H,5,8-9,12H2,1H3,(H,22,23). The predicted molar refractivity (Wildman–Crippen MR) is 103 cm³/mol. The highest BCUT2D eigenvalue weighted by Gasteiger charge is 2.29. The molecule has 0 saturated carbocycles. The highest BCUT2D eigenvalue weighted by Crippen LogP contribution is 2.33. The summed E-state index contributed by atoms with van der Waals surface area (Å²) in [6, 6.07) is 11.3. The van der Waals surface area contributed by atoms with Gasteiger partial charge in [-0.3, -0.25) is 14.7 Å². The van der Waals surface area contributed by atoms with Crippen molar-refractivity contribution >= 4 is 5.91 Å². The maximum atomic E-state index is 12.8. The summed E-state index contributed by atoms with van der Waals surface area (Å²) in [6.07, 6.45) is 4.83. The van der Waals surface area contributed by atoms with Crippen LogP contribution < -0.4 is 10.2 Å². The molecule has 1 amide bonds. The van der Waals surface area contributed by atoms with Crippen LogP contribution in [0.3, 0.4) is 0 Å². The number of carbonyl (C=O) groups is 1. The molecule has 1 saturated heterocycles. The smallest absolute Gasteiger partial charge is 0.289 e. The topological polar surface area (TPSA) is 88.4 Å². The van der Waals surface area contributed by atoms with Crippen molar-refractivity contribution in [1.29, 1.82) is 0 Å². The molecule has 7 heteroatoms. The number of aromatic amines is 1. The number of aromatic nitrogens is 2. The zero-order valence-corrected chi connectivity index (χ0v) is 15.6. The molecule has 3 aromatic rings. The molecule has 2 aromatic heterocycles. The van der Waals surface area contributed by atoms with Crippen LogP contribution in [0, 0.1) is 0 Å². The Morgan fingerprint density at radius 2 is 2.14 bits per heavy atom. The van der Waals surface area contributed by atoms with Crippen LogP contribution in [0.15, 0.2) is 58.1 Å². The van der Waals surface area contributed by atoms with Crippen LogP contribution in [0.25, 0.3) is 11.1 Å². The summed E-state index contributed by atoms with van der Waals surface area (Å²) in [5.74, 6) is -0.0389. The van der Waals surface area contributed by atoms with Crippen LogP contribution in [0.1, 0.15) is 35.0 Å². The number of ether oxygens (including phenoxy) is 1. The van der Waals surface area contributed by atoms with Gasteiger partial charge in [-0.2, -0.15) is 5.10 Å². The van der Waals surface area contributed by atoms with Crippen molar-refractivity contribution in [3.8, 4) is 16.9 Å². The van der Waals surface area contributed by atoms with Gasteiger partial charge < -0.3 is 14.1 Å². The number of amides is 1. The number of methoxy groups -OCH3 is 1. The van der Waals surface area contributed by atoms with Crippen LogP contribution in [0.5, 0.6) is 5.75 Å². The highest BCUT2D eigenvalue weighted by molar-refractivity contribution is 5.91. The second-order valence-corrected chi connectivity index (χ2v) is 6.83. The molecule has 4 rings (SSSR count). The molecule has 1 atom stereocenters. The summed E-state index contributed by atoms with van der Waals surface area (Å²) in [6.45, 7) is 1.16. The van der Waals surface area contributed by atoms with Crippen LogP contribution in [0.2, 0.25) is 0 Å². The molecule has 1 aliphatic heterocycles. The Balaban J connectivity index is 1.56. The van der Waals surface area contributed by atoms with E-state index in [0.717, 1.165) is 29.7 Å². The van der Waals surface area contributed by atoms with Crippen molar-refractivity contribution in [3.63, 3.8) is 0 Å². The van der Waals surface area contributed by atoms with Crippen LogP contribution in [-0.2, 0) is 0 Å². The molecule has 3 heterocycles. The van der Waals surface area contributed by atoms with Crippen LogP contribution in [0.4, 0.5) is 0 Å². The lowest BCUT2D eigenvalue weighted by Crippen LogP contribution is -2.39. The molecule has 1 fully saturated rings. The second kappa shape index (κ2) is 7.72. The fourth-order valence-electron chi connectivity index (χ4n) is 3.67. The minimum absolute atomic E-state index is 0.0272. The van der Waals surface area contributed by atoms with Crippen molar-refractivity contribution < 1.29 is 13.9 Å². The van der Waals surface area contributed by atoms with Gasteiger partial charge >= 0.3 is 0 Å². The third-order valence-electron chi connectivity index (χ3n) is 5.10. The van der Waals surface area contributed by atoms with Gasteiger partial charge in [0.05, 0.1) is 13.3 Å². The van der Waals surface area contributed by atoms with Crippen LogP contribution >= 0.6 is 0 Å². The van der Waals surface area contributed by atoms with E-state index < -0.39 is 0 Å². The summed E-state index contributed by atoms with van der Waals surface area (Å²) in [4.78, 5) is 26.5. The monoisotopic (exact) mass is 379 g/mol. The van der Waals surface area contributed by atoms with E-state index in [2.05, 4.69) is 10.2 Å². The maximum absolute atomic E-state index is 12.8. The number of piperidine rings is 1. The fourth-order valence-corrected chi connectivity index (χ4v) is 3.67. The molecule has 1 N–H and O–H groups in total. The highest BCUT2D eigenvalue weighted by atomic mass is 16.5. The van der Waals surface area contributed by atoms with Crippen molar-refractivity contribution in [1.82, 2.24) is 15.1 Å². The Kier molecular flexibility index (Phi) is 4.97. The molecule has 144 valence electrons. The lowest BCUT2D eigenvalue weighted by molar-refractivity contribution is 0.0670. The average molecular weight is 379 g/mol. The van der Waals surface area contributed by atoms with E-state index in [0.29, 0.717) is 13.1 Å². The van der Waals surface area contributed by atoms with Gasteiger partial charge in [0.2, 0.25) is 11.2 Å². The predicted octanol–water partition coefficient (Wildman–Crippen LogP) is 3.06. The minimum atomic E-state index is -0.370. The van der Waals surface area contributed by atoms with E-state index in [1.165, 1.54) is 19.4 Å². The van der Waals surface area contributed by atoms with Gasteiger partial charge in [-0.15, -0.1) is 0 Å². The van der Waals surface area contributed by atoms with E-state index in [9.17, 15) is 9.59 Å². The van der Waals surface area contributed by atoms with E-state index in [1.54, 1.807) is 4.90 Å². The Labute approximate surface area is 161 Å². The third kappa shape index (κ3) is 3.43. The summed E-state index contributed by atoms with van der Waals surface area (Å²) in [7, 11) is 1.39. The summed E-state index contributed by atoms with van der Waals surface area (Å²) >= 11 is 0. The maximum Gasteiger partial charge on any atom is 0.289 e. The van der Waals surface area contributed by atoms with Crippen LogP contribution in [-0.4, -0.2) is 41.2 Å². The first-order chi connectivity index (χ1) is 13.7. The van der Waals surface area contributed by atoms with Gasteiger partial charge in [0, 0.05) is 36.3 Å². The zero-order chi connectivity index (χ0) is 19.5. The minimum Gasteiger partial charge on any atom is -0.490 e. The summed E-state index contributed by atoms with van der Waals surface area (Å²) < 4.78 is 10.2. The Bertz CT molecular complexity index is 1030. The Morgan fingerprint density at radius 3 is 2.89 bits per heavy atom. The molecule has 28 heavy (non-hydrogen) atoms. The molecule has 7 nitrogen and oxygen atoms in total. The zero-order valence-electron chi connectivity index (χ0n) is 15.6. The van der Waals surface area contributed by atoms with E-state index in [-0.39, 0.29) is 28.8 Å². The molecule has 0 spiro atoms. The number of H-pyrrole nitrogens is 1. The first-order valence-electron chi connectivity index (χ1n) is 9.22. The van der Waals surface area contributed by atoms with Gasteiger partial charge in [0.25, 0.3) is 5.91 Å². The first kappa shape index (κ1) is 18.0. The number of hydrogen-bond donors (Lipinski definition) is 1. The lowest BCUT2D eigenvalue weighted by Gasteiger charge is -2.32.